The minimum absolute atomic E-state index is 0.240. The Labute approximate surface area is 153 Å². The molecule has 0 spiro atoms. The number of rotatable bonds is 2. The molecule has 0 saturated heterocycles. The van der Waals surface area contributed by atoms with Crippen molar-refractivity contribution >= 4 is 28.2 Å². The molecule has 2 N–H and O–H groups in total. The predicted molar refractivity (Wildman–Crippen MR) is 97.4 cm³/mol. The first kappa shape index (κ1) is 17.0. The van der Waals surface area contributed by atoms with Gasteiger partial charge in [0.25, 0.3) is 0 Å². The van der Waals surface area contributed by atoms with Crippen molar-refractivity contribution < 1.29 is 13.9 Å². The number of hydrogen-bond acceptors (Lipinski definition) is 5. The number of hydrogen-bond donors (Lipinski definition) is 2. The smallest absolute Gasteiger partial charge is 0.406 e. The van der Waals surface area contributed by atoms with Gasteiger partial charge in [0.1, 0.15) is 5.82 Å². The second-order valence-corrected chi connectivity index (χ2v) is 7.10. The van der Waals surface area contributed by atoms with Gasteiger partial charge in [-0.15, -0.1) is 0 Å². The van der Waals surface area contributed by atoms with E-state index in [4.69, 9.17) is 4.74 Å². The molecule has 0 unspecified atom stereocenters. The fourth-order valence-electron chi connectivity index (χ4n) is 2.65. The third kappa shape index (κ3) is 3.31. The first-order valence-corrected chi connectivity index (χ1v) is 8.28. The fourth-order valence-corrected chi connectivity index (χ4v) is 2.65. The number of nitrogens with zero attached hydrogens (tertiary/aromatic N) is 4. The summed E-state index contributed by atoms with van der Waals surface area (Å²) in [6.07, 6.45) is 4.04. The lowest BCUT2D eigenvalue weighted by molar-refractivity contribution is 0.191. The van der Waals surface area contributed by atoms with Gasteiger partial charge in [0.05, 0.1) is 17.9 Å². The zero-order valence-corrected chi connectivity index (χ0v) is 14.9. The first-order valence-electron chi connectivity index (χ1n) is 8.28. The van der Waals surface area contributed by atoms with Crippen molar-refractivity contribution in [1.82, 2.24) is 30.0 Å². The predicted octanol–water partition coefficient (Wildman–Crippen LogP) is 3.32. The number of benzene rings is 1. The Morgan fingerprint density at radius 3 is 2.89 bits per heavy atom. The Morgan fingerprint density at radius 1 is 1.30 bits per heavy atom. The Bertz CT molecular complexity index is 1160. The summed E-state index contributed by atoms with van der Waals surface area (Å²) in [6.45, 7) is 5.55. The molecule has 0 aliphatic carbocycles. The fraction of sp³-hybridized carbons (Fsp3) is 0.222. The molecular formula is C18H17FN6O2. The van der Waals surface area contributed by atoms with E-state index in [0.29, 0.717) is 22.5 Å². The minimum atomic E-state index is -0.595. The molecule has 8 nitrogen and oxygen atoms in total. The number of nitrogens with one attached hydrogen (secondary N) is 2. The normalized spacial score (nSPS) is 11.9. The van der Waals surface area contributed by atoms with Crippen LogP contribution in [0.2, 0.25) is 0 Å². The molecule has 138 valence electrons. The summed E-state index contributed by atoms with van der Waals surface area (Å²) in [5.74, 6) is 0.246. The highest BCUT2D eigenvalue weighted by atomic mass is 19.1. The molecule has 3 aromatic heterocycles. The summed E-state index contributed by atoms with van der Waals surface area (Å²) >= 11 is 0. The van der Waals surface area contributed by atoms with Crippen LogP contribution in [0.3, 0.4) is 0 Å². The van der Waals surface area contributed by atoms with Gasteiger partial charge >= 0.3 is 6.09 Å². The van der Waals surface area contributed by atoms with Crippen LogP contribution in [0.4, 0.5) is 9.18 Å². The van der Waals surface area contributed by atoms with Crippen LogP contribution in [-0.4, -0.2) is 36.4 Å². The van der Waals surface area contributed by atoms with E-state index in [-0.39, 0.29) is 11.6 Å². The monoisotopic (exact) mass is 368 g/mol. The standard InChI is InChI=1S/C18H17FN6O2/c1-18(2,3)24-17(26)27-13-8-20-16-15(13)23-14(9-21-16)25-12-6-11(19)5-4-10(12)7-22-25/h4-9H,1-3H3,(H,20,21)(H,24,26). The number of amides is 1. The molecule has 9 heteroatoms. The molecule has 4 aromatic rings. The molecule has 27 heavy (non-hydrogen) atoms. The van der Waals surface area contributed by atoms with Gasteiger partial charge in [-0.3, -0.25) is 0 Å². The number of carbonyl (C=O) groups is 1. The quantitative estimate of drug-likeness (QED) is 0.566. The van der Waals surface area contributed by atoms with E-state index in [1.165, 1.54) is 29.2 Å². The van der Waals surface area contributed by atoms with Crippen molar-refractivity contribution in [3.8, 4) is 11.6 Å². The lowest BCUT2D eigenvalue weighted by atomic mass is 10.1. The van der Waals surface area contributed by atoms with Crippen LogP contribution in [-0.2, 0) is 0 Å². The molecule has 0 bridgehead atoms. The maximum absolute atomic E-state index is 13.6. The number of H-pyrrole nitrogens is 1. The van der Waals surface area contributed by atoms with Gasteiger partial charge in [-0.2, -0.15) is 5.10 Å². The average Bonchev–Trinajstić information content (AvgIpc) is 3.16. The molecule has 0 radical (unpaired) electrons. The number of carbonyl (C=O) groups excluding carboxylic acids is 1. The summed E-state index contributed by atoms with van der Waals surface area (Å²) in [5.41, 5.74) is 0.960. The topological polar surface area (TPSA) is 97.7 Å². The van der Waals surface area contributed by atoms with Crippen LogP contribution in [0.15, 0.2) is 36.8 Å². The number of aromatic amines is 1. The lowest BCUT2D eigenvalue weighted by Gasteiger charge is -2.19. The summed E-state index contributed by atoms with van der Waals surface area (Å²) < 4.78 is 20.4. The van der Waals surface area contributed by atoms with E-state index >= 15 is 0 Å². The van der Waals surface area contributed by atoms with Gasteiger partial charge in [-0.1, -0.05) is 0 Å². The summed E-state index contributed by atoms with van der Waals surface area (Å²) in [4.78, 5) is 23.7. The van der Waals surface area contributed by atoms with E-state index < -0.39 is 11.6 Å². The van der Waals surface area contributed by atoms with Gasteiger partial charge in [0, 0.05) is 23.2 Å². The first-order chi connectivity index (χ1) is 12.8. The Kier molecular flexibility index (Phi) is 3.79. The molecule has 1 amide bonds. The highest BCUT2D eigenvalue weighted by Crippen LogP contribution is 2.25. The van der Waals surface area contributed by atoms with Crippen LogP contribution < -0.4 is 10.1 Å². The maximum atomic E-state index is 13.6. The van der Waals surface area contributed by atoms with Crippen molar-refractivity contribution in [3.63, 3.8) is 0 Å². The van der Waals surface area contributed by atoms with Gasteiger partial charge < -0.3 is 15.0 Å². The Morgan fingerprint density at radius 2 is 2.11 bits per heavy atom. The number of ether oxygens (including phenoxy) is 1. The van der Waals surface area contributed by atoms with Gasteiger partial charge in [0.15, 0.2) is 22.7 Å². The molecule has 3 heterocycles. The second-order valence-electron chi connectivity index (χ2n) is 7.10. The minimum Gasteiger partial charge on any atom is -0.406 e. The summed E-state index contributed by atoms with van der Waals surface area (Å²) in [7, 11) is 0. The zero-order valence-electron chi connectivity index (χ0n) is 14.9. The molecule has 0 fully saturated rings. The van der Waals surface area contributed by atoms with E-state index in [2.05, 4.69) is 25.4 Å². The summed E-state index contributed by atoms with van der Waals surface area (Å²) in [6, 6.07) is 4.39. The average molecular weight is 368 g/mol. The molecule has 0 aliphatic heterocycles. The largest absolute Gasteiger partial charge is 0.413 e. The van der Waals surface area contributed by atoms with Crippen molar-refractivity contribution in [2.45, 2.75) is 26.3 Å². The maximum Gasteiger partial charge on any atom is 0.413 e. The lowest BCUT2D eigenvalue weighted by Crippen LogP contribution is -2.42. The third-order valence-electron chi connectivity index (χ3n) is 3.76. The van der Waals surface area contributed by atoms with E-state index in [9.17, 15) is 9.18 Å². The highest BCUT2D eigenvalue weighted by Gasteiger charge is 2.18. The SMILES string of the molecule is CC(C)(C)NC(=O)Oc1c[nH]c2ncc(-n3ncc4ccc(F)cc43)nc12. The molecule has 0 atom stereocenters. The van der Waals surface area contributed by atoms with Crippen LogP contribution in [0.1, 0.15) is 20.8 Å². The molecular weight excluding hydrogens is 351 g/mol. The molecule has 4 rings (SSSR count). The molecule has 1 aromatic carbocycles. The second kappa shape index (κ2) is 6.04. The van der Waals surface area contributed by atoms with Crippen molar-refractivity contribution in [1.29, 1.82) is 0 Å². The number of fused-ring (bicyclic) bond motifs is 2. The van der Waals surface area contributed by atoms with Crippen LogP contribution in [0.25, 0.3) is 27.9 Å². The van der Waals surface area contributed by atoms with E-state index in [1.807, 2.05) is 20.8 Å². The zero-order chi connectivity index (χ0) is 19.2. The molecule has 0 saturated carbocycles. The number of halogens is 1. The third-order valence-corrected chi connectivity index (χ3v) is 3.76. The Hall–Kier alpha value is -3.49. The highest BCUT2D eigenvalue weighted by molar-refractivity contribution is 5.84. The van der Waals surface area contributed by atoms with Crippen LogP contribution in [0.5, 0.6) is 5.75 Å². The van der Waals surface area contributed by atoms with E-state index in [0.717, 1.165) is 5.39 Å². The van der Waals surface area contributed by atoms with Gasteiger partial charge in [0.2, 0.25) is 0 Å². The van der Waals surface area contributed by atoms with Crippen molar-refractivity contribution in [3.05, 3.63) is 42.6 Å². The van der Waals surface area contributed by atoms with Crippen LogP contribution >= 0.6 is 0 Å². The van der Waals surface area contributed by atoms with Crippen LogP contribution in [0, 0.1) is 5.82 Å². The molecule has 0 aliphatic rings. The van der Waals surface area contributed by atoms with Gasteiger partial charge in [-0.05, 0) is 32.9 Å². The van der Waals surface area contributed by atoms with E-state index in [1.54, 1.807) is 12.3 Å². The Balaban J connectivity index is 1.73. The summed E-state index contributed by atoms with van der Waals surface area (Å²) in [5, 5.41) is 7.74. The number of aromatic nitrogens is 5. The van der Waals surface area contributed by atoms with Crippen molar-refractivity contribution in [2.75, 3.05) is 0 Å². The van der Waals surface area contributed by atoms with Crippen molar-refractivity contribution in [2.24, 2.45) is 0 Å². The van der Waals surface area contributed by atoms with Gasteiger partial charge in [-0.25, -0.2) is 23.8 Å².